The van der Waals surface area contributed by atoms with E-state index < -0.39 is 0 Å². The number of nitrogens with zero attached hydrogens (tertiary/aromatic N) is 4. The maximum Gasteiger partial charge on any atom is 0.318 e. The summed E-state index contributed by atoms with van der Waals surface area (Å²) in [6.45, 7) is 5.08. The SMILES string of the molecule is CCn1cnnc1CNC(=O)N(C)[C@H](C)c1cccc(Cl)c1. The van der Waals surface area contributed by atoms with Crippen LogP contribution in [0.15, 0.2) is 30.6 Å². The second-order valence-corrected chi connectivity index (χ2v) is 5.47. The maximum absolute atomic E-state index is 12.3. The van der Waals surface area contributed by atoms with E-state index in [9.17, 15) is 4.79 Å². The van der Waals surface area contributed by atoms with E-state index in [0.29, 0.717) is 11.6 Å². The topological polar surface area (TPSA) is 63.1 Å². The number of hydrogen-bond donors (Lipinski definition) is 1. The lowest BCUT2D eigenvalue weighted by Crippen LogP contribution is -2.38. The Balaban J connectivity index is 1.97. The summed E-state index contributed by atoms with van der Waals surface area (Å²) < 4.78 is 1.89. The summed E-state index contributed by atoms with van der Waals surface area (Å²) in [6.07, 6.45) is 1.65. The van der Waals surface area contributed by atoms with E-state index >= 15 is 0 Å². The van der Waals surface area contributed by atoms with Gasteiger partial charge in [0, 0.05) is 18.6 Å². The van der Waals surface area contributed by atoms with Crippen LogP contribution in [0.25, 0.3) is 0 Å². The van der Waals surface area contributed by atoms with E-state index in [1.165, 1.54) is 0 Å². The van der Waals surface area contributed by atoms with Crippen molar-refractivity contribution in [3.63, 3.8) is 0 Å². The lowest BCUT2D eigenvalue weighted by atomic mass is 10.1. The van der Waals surface area contributed by atoms with Gasteiger partial charge in [-0.15, -0.1) is 10.2 Å². The molecule has 1 atom stereocenters. The fourth-order valence-corrected chi connectivity index (χ4v) is 2.32. The Bertz CT molecular complexity index is 642. The van der Waals surface area contributed by atoms with Crippen molar-refractivity contribution in [2.24, 2.45) is 0 Å². The smallest absolute Gasteiger partial charge is 0.318 e. The highest BCUT2D eigenvalue weighted by molar-refractivity contribution is 6.30. The van der Waals surface area contributed by atoms with Crippen molar-refractivity contribution in [3.05, 3.63) is 47.0 Å². The molecular formula is C15H20ClN5O. The highest BCUT2D eigenvalue weighted by atomic mass is 35.5. The van der Waals surface area contributed by atoms with Gasteiger partial charge in [0.1, 0.15) is 6.33 Å². The standard InChI is InChI=1S/C15H20ClN5O/c1-4-21-10-18-19-14(21)9-17-15(22)20(3)11(2)12-6-5-7-13(16)8-12/h5-8,10-11H,4,9H2,1-3H3,(H,17,22)/t11-/m1/s1. The van der Waals surface area contributed by atoms with Crippen LogP contribution >= 0.6 is 11.6 Å². The maximum atomic E-state index is 12.3. The molecular weight excluding hydrogens is 302 g/mol. The number of urea groups is 1. The van der Waals surface area contributed by atoms with Gasteiger partial charge in [0.25, 0.3) is 0 Å². The van der Waals surface area contributed by atoms with Crippen LogP contribution in [0.1, 0.15) is 31.3 Å². The summed E-state index contributed by atoms with van der Waals surface area (Å²) >= 11 is 6.00. The number of aryl methyl sites for hydroxylation is 1. The second kappa shape index (κ2) is 7.26. The number of benzene rings is 1. The highest BCUT2D eigenvalue weighted by Crippen LogP contribution is 2.21. The third-order valence-electron chi connectivity index (χ3n) is 3.67. The molecule has 0 radical (unpaired) electrons. The zero-order valence-electron chi connectivity index (χ0n) is 13.0. The van der Waals surface area contributed by atoms with Gasteiger partial charge in [-0.2, -0.15) is 0 Å². The molecule has 7 heteroatoms. The molecule has 0 saturated carbocycles. The molecule has 2 amide bonds. The number of rotatable bonds is 5. The fraction of sp³-hybridized carbons (Fsp3) is 0.400. The number of halogens is 1. The van der Waals surface area contributed by atoms with Gasteiger partial charge in [0.05, 0.1) is 12.6 Å². The van der Waals surface area contributed by atoms with E-state index in [1.54, 1.807) is 18.3 Å². The number of hydrogen-bond acceptors (Lipinski definition) is 3. The van der Waals surface area contributed by atoms with Gasteiger partial charge < -0.3 is 14.8 Å². The normalized spacial score (nSPS) is 12.0. The Morgan fingerprint density at radius 1 is 1.50 bits per heavy atom. The molecule has 1 heterocycles. The molecule has 1 aromatic carbocycles. The lowest BCUT2D eigenvalue weighted by molar-refractivity contribution is 0.193. The third-order valence-corrected chi connectivity index (χ3v) is 3.90. The molecule has 118 valence electrons. The van der Waals surface area contributed by atoms with E-state index in [1.807, 2.05) is 42.7 Å². The van der Waals surface area contributed by atoms with E-state index in [4.69, 9.17) is 11.6 Å². The van der Waals surface area contributed by atoms with Crippen molar-refractivity contribution in [3.8, 4) is 0 Å². The van der Waals surface area contributed by atoms with Crippen LogP contribution in [0.5, 0.6) is 0 Å². The van der Waals surface area contributed by atoms with Gasteiger partial charge in [0.15, 0.2) is 5.82 Å². The number of aromatic nitrogens is 3. The molecule has 1 N–H and O–H groups in total. The first-order valence-electron chi connectivity index (χ1n) is 7.15. The molecule has 0 saturated heterocycles. The van der Waals surface area contributed by atoms with Crippen LogP contribution in [0.2, 0.25) is 5.02 Å². The quantitative estimate of drug-likeness (QED) is 0.921. The minimum Gasteiger partial charge on any atom is -0.331 e. The summed E-state index contributed by atoms with van der Waals surface area (Å²) in [5.74, 6) is 0.736. The minimum atomic E-state index is -0.168. The fourth-order valence-electron chi connectivity index (χ4n) is 2.13. The van der Waals surface area contributed by atoms with Crippen molar-refractivity contribution in [2.45, 2.75) is 33.0 Å². The van der Waals surface area contributed by atoms with Crippen molar-refractivity contribution in [1.29, 1.82) is 0 Å². The van der Waals surface area contributed by atoms with Crippen molar-refractivity contribution in [1.82, 2.24) is 25.0 Å². The molecule has 1 aromatic heterocycles. The summed E-state index contributed by atoms with van der Waals surface area (Å²) in [5, 5.41) is 11.4. The van der Waals surface area contributed by atoms with E-state index in [0.717, 1.165) is 17.9 Å². The van der Waals surface area contributed by atoms with Crippen LogP contribution in [0, 0.1) is 0 Å². The van der Waals surface area contributed by atoms with Gasteiger partial charge in [0.2, 0.25) is 0 Å². The molecule has 6 nitrogen and oxygen atoms in total. The minimum absolute atomic E-state index is 0.0808. The first-order chi connectivity index (χ1) is 10.5. The second-order valence-electron chi connectivity index (χ2n) is 5.03. The van der Waals surface area contributed by atoms with Crippen LogP contribution in [-0.2, 0) is 13.1 Å². The van der Waals surface area contributed by atoms with Gasteiger partial charge >= 0.3 is 6.03 Å². The Labute approximate surface area is 135 Å². The van der Waals surface area contributed by atoms with Crippen LogP contribution in [0.4, 0.5) is 4.79 Å². The first-order valence-corrected chi connectivity index (χ1v) is 7.53. The van der Waals surface area contributed by atoms with Crippen molar-refractivity contribution >= 4 is 17.6 Å². The number of carbonyl (C=O) groups is 1. The molecule has 0 aliphatic heterocycles. The number of nitrogens with one attached hydrogen (secondary N) is 1. The first kappa shape index (κ1) is 16.3. The zero-order valence-corrected chi connectivity index (χ0v) is 13.7. The Kier molecular flexibility index (Phi) is 5.38. The Hall–Kier alpha value is -2.08. The lowest BCUT2D eigenvalue weighted by Gasteiger charge is -2.25. The van der Waals surface area contributed by atoms with Gasteiger partial charge in [-0.05, 0) is 31.5 Å². The van der Waals surface area contributed by atoms with Gasteiger partial charge in [-0.3, -0.25) is 0 Å². The molecule has 0 aliphatic carbocycles. The monoisotopic (exact) mass is 321 g/mol. The van der Waals surface area contributed by atoms with Crippen LogP contribution in [-0.4, -0.2) is 32.7 Å². The number of carbonyl (C=O) groups excluding carboxylic acids is 1. The molecule has 0 aliphatic rings. The Morgan fingerprint density at radius 3 is 2.95 bits per heavy atom. The van der Waals surface area contributed by atoms with E-state index in [2.05, 4.69) is 15.5 Å². The molecule has 0 bridgehead atoms. The summed E-state index contributed by atoms with van der Waals surface area (Å²) in [6, 6.07) is 7.26. The van der Waals surface area contributed by atoms with Crippen LogP contribution in [0.3, 0.4) is 0 Å². The average Bonchev–Trinajstić information content (AvgIpc) is 2.98. The van der Waals surface area contributed by atoms with Crippen molar-refractivity contribution in [2.75, 3.05) is 7.05 Å². The van der Waals surface area contributed by atoms with E-state index in [-0.39, 0.29) is 12.1 Å². The predicted octanol–water partition coefficient (Wildman–Crippen LogP) is 2.85. The largest absolute Gasteiger partial charge is 0.331 e. The van der Waals surface area contributed by atoms with Gasteiger partial charge in [-0.25, -0.2) is 4.79 Å². The summed E-state index contributed by atoms with van der Waals surface area (Å²) in [7, 11) is 1.76. The molecule has 22 heavy (non-hydrogen) atoms. The zero-order chi connectivity index (χ0) is 16.1. The molecule has 2 rings (SSSR count). The highest BCUT2D eigenvalue weighted by Gasteiger charge is 2.18. The number of amides is 2. The predicted molar refractivity (Wildman–Crippen MR) is 85.6 cm³/mol. The average molecular weight is 322 g/mol. The van der Waals surface area contributed by atoms with Crippen LogP contribution < -0.4 is 5.32 Å². The molecule has 0 fully saturated rings. The summed E-state index contributed by atoms with van der Waals surface area (Å²) in [5.41, 5.74) is 0.988. The summed E-state index contributed by atoms with van der Waals surface area (Å²) in [4.78, 5) is 13.9. The molecule has 0 unspecified atom stereocenters. The third kappa shape index (κ3) is 3.76. The molecule has 0 spiro atoms. The Morgan fingerprint density at radius 2 is 2.27 bits per heavy atom. The van der Waals surface area contributed by atoms with Crippen molar-refractivity contribution < 1.29 is 4.79 Å². The molecule has 2 aromatic rings. The van der Waals surface area contributed by atoms with Gasteiger partial charge in [-0.1, -0.05) is 23.7 Å².